The van der Waals surface area contributed by atoms with Gasteiger partial charge in [-0.2, -0.15) is 17.6 Å². The maximum absolute atomic E-state index is 14.6. The third kappa shape index (κ3) is 8.05. The van der Waals surface area contributed by atoms with Crippen molar-refractivity contribution in [3.63, 3.8) is 0 Å². The Morgan fingerprint density at radius 3 is 2.52 bits per heavy atom. The van der Waals surface area contributed by atoms with Gasteiger partial charge >= 0.3 is 6.18 Å². The van der Waals surface area contributed by atoms with Crippen LogP contribution in [0.5, 0.6) is 0 Å². The van der Waals surface area contributed by atoms with Crippen molar-refractivity contribution < 1.29 is 31.5 Å². The second-order valence-corrected chi connectivity index (χ2v) is 9.16. The van der Waals surface area contributed by atoms with Crippen LogP contribution in [0.15, 0.2) is 71.8 Å². The number of nitrogens with one attached hydrogen (secondary N) is 2. The van der Waals surface area contributed by atoms with Crippen LogP contribution in [-0.2, 0) is 37.0 Å². The average molecular weight is 590 g/mol. The van der Waals surface area contributed by atoms with Gasteiger partial charge in [0.2, 0.25) is 11.7 Å². The predicted octanol–water partition coefficient (Wildman–Crippen LogP) is 3.53. The van der Waals surface area contributed by atoms with Crippen molar-refractivity contribution in [2.75, 3.05) is 5.32 Å². The van der Waals surface area contributed by atoms with E-state index in [1.165, 1.54) is 18.3 Å². The maximum atomic E-state index is 14.6. The smallest absolute Gasteiger partial charge is 0.345 e. The lowest BCUT2D eigenvalue weighted by Crippen LogP contribution is -2.27. The molecule has 220 valence electrons. The second kappa shape index (κ2) is 13.1. The highest BCUT2D eigenvalue weighted by atomic mass is 19.4. The third-order valence-corrected chi connectivity index (χ3v) is 5.95. The van der Waals surface area contributed by atoms with E-state index in [0.29, 0.717) is 5.56 Å². The minimum atomic E-state index is -4.63. The van der Waals surface area contributed by atoms with Crippen LogP contribution in [0.3, 0.4) is 0 Å². The number of carbonyl (C=O) groups is 2. The summed E-state index contributed by atoms with van der Waals surface area (Å²) in [6.45, 7) is -0.816. The summed E-state index contributed by atoms with van der Waals surface area (Å²) in [6, 6.07) is 13.3. The number of hydrogen-bond donors (Lipinski definition) is 2. The zero-order valence-electron chi connectivity index (χ0n) is 21.8. The van der Waals surface area contributed by atoms with E-state index in [-0.39, 0.29) is 49.6 Å². The van der Waals surface area contributed by atoms with E-state index in [2.05, 4.69) is 25.9 Å². The van der Waals surface area contributed by atoms with E-state index in [1.54, 1.807) is 30.3 Å². The van der Waals surface area contributed by atoms with Crippen LogP contribution in [0.1, 0.15) is 33.9 Å². The van der Waals surface area contributed by atoms with Crippen LogP contribution in [0.25, 0.3) is 0 Å². The molecule has 2 N–H and O–H groups in total. The molecule has 0 radical (unpaired) electrons. The lowest BCUT2D eigenvalue weighted by atomic mass is 10.1. The van der Waals surface area contributed by atoms with E-state index >= 15 is 0 Å². The molecule has 4 aromatic rings. The van der Waals surface area contributed by atoms with Gasteiger partial charge in [-0.3, -0.25) is 14.4 Å². The molecule has 0 spiro atoms. The monoisotopic (exact) mass is 589 g/mol. The minimum Gasteiger partial charge on any atom is -0.345 e. The van der Waals surface area contributed by atoms with E-state index in [9.17, 15) is 36.3 Å². The molecule has 3 heterocycles. The fourth-order valence-corrected chi connectivity index (χ4v) is 3.86. The predicted molar refractivity (Wildman–Crippen MR) is 139 cm³/mol. The molecule has 0 saturated carbocycles. The first kappa shape index (κ1) is 30.0. The molecule has 0 fully saturated rings. The van der Waals surface area contributed by atoms with E-state index < -0.39 is 41.2 Å². The number of carbonyl (C=O) groups excluding carboxylic acids is 2. The van der Waals surface area contributed by atoms with Crippen LogP contribution in [0.2, 0.25) is 0 Å². The van der Waals surface area contributed by atoms with Crippen molar-refractivity contribution in [2.24, 2.45) is 0 Å². The van der Waals surface area contributed by atoms with Gasteiger partial charge in [0.05, 0.1) is 37.1 Å². The number of benzene rings is 1. The number of aryl methyl sites for hydroxylation is 1. The number of nitrogens with zero attached hydrogens (tertiary/aromatic N) is 5. The summed E-state index contributed by atoms with van der Waals surface area (Å²) in [4.78, 5) is 40.3. The van der Waals surface area contributed by atoms with Gasteiger partial charge in [-0.05, 0) is 30.2 Å². The first-order chi connectivity index (χ1) is 20.0. The van der Waals surface area contributed by atoms with E-state index in [1.807, 2.05) is 0 Å². The lowest BCUT2D eigenvalue weighted by Gasteiger charge is -2.12. The number of pyridine rings is 2. The van der Waals surface area contributed by atoms with Crippen molar-refractivity contribution >= 4 is 17.5 Å². The van der Waals surface area contributed by atoms with Crippen LogP contribution >= 0.6 is 0 Å². The van der Waals surface area contributed by atoms with Gasteiger partial charge in [0.25, 0.3) is 11.5 Å². The van der Waals surface area contributed by atoms with Gasteiger partial charge in [-0.15, -0.1) is 5.10 Å². The molecule has 3 aromatic heterocycles. The molecule has 0 aliphatic carbocycles. The summed E-state index contributed by atoms with van der Waals surface area (Å²) < 4.78 is 69.6. The van der Waals surface area contributed by atoms with Crippen molar-refractivity contribution in [3.05, 3.63) is 106 Å². The Bertz CT molecular complexity index is 1610. The first-order valence-electron chi connectivity index (χ1n) is 12.6. The van der Waals surface area contributed by atoms with E-state index in [4.69, 9.17) is 0 Å². The Morgan fingerprint density at radius 1 is 1.02 bits per heavy atom. The summed E-state index contributed by atoms with van der Waals surface area (Å²) >= 11 is 0. The third-order valence-electron chi connectivity index (χ3n) is 5.95. The Balaban J connectivity index is 1.26. The molecule has 0 aliphatic heterocycles. The van der Waals surface area contributed by atoms with E-state index in [0.717, 1.165) is 27.6 Å². The summed E-state index contributed by atoms with van der Waals surface area (Å²) in [5, 5.41) is 12.0. The Kier molecular flexibility index (Phi) is 9.39. The maximum Gasteiger partial charge on any atom is 0.433 e. The van der Waals surface area contributed by atoms with Crippen molar-refractivity contribution in [2.45, 2.75) is 44.8 Å². The molecule has 2 amide bonds. The van der Waals surface area contributed by atoms with Gasteiger partial charge in [-0.1, -0.05) is 41.6 Å². The van der Waals surface area contributed by atoms with Crippen molar-refractivity contribution in [3.8, 4) is 0 Å². The largest absolute Gasteiger partial charge is 0.433 e. The molecule has 0 bridgehead atoms. The zero-order valence-corrected chi connectivity index (χ0v) is 21.8. The standard InChI is InChI=1S/C27H24F5N7O3/c28-18(9-11-38-12-10-20(24(29)26(38)42)35-23(40)13-17-5-2-1-3-6-17)15-39-16-21(36-37-39)25(41)33-14-19-7-4-8-22(34-19)27(30,31)32/h1-8,10,12,16,18H,9,11,13-15H2,(H,33,41)(H,35,40)/t18-/m0/s1. The SMILES string of the molecule is O=C(Cc1ccccc1)Nc1ccn(CC[C@H](F)Cn2cc(C(=O)NCc3cccc(C(F)(F)F)n3)nn2)c(=O)c1F. The number of hydrogen-bond acceptors (Lipinski definition) is 6. The first-order valence-corrected chi connectivity index (χ1v) is 12.6. The molecule has 1 atom stereocenters. The number of aromatic nitrogens is 5. The average Bonchev–Trinajstić information content (AvgIpc) is 3.42. The fraction of sp³-hybridized carbons (Fsp3) is 0.259. The molecule has 42 heavy (non-hydrogen) atoms. The molecule has 0 aliphatic rings. The highest BCUT2D eigenvalue weighted by Gasteiger charge is 2.32. The van der Waals surface area contributed by atoms with Gasteiger partial charge in [0.15, 0.2) is 5.69 Å². The normalized spacial score (nSPS) is 12.1. The molecule has 0 saturated heterocycles. The van der Waals surface area contributed by atoms with Crippen LogP contribution in [0, 0.1) is 5.82 Å². The van der Waals surface area contributed by atoms with Gasteiger partial charge in [0.1, 0.15) is 11.9 Å². The lowest BCUT2D eigenvalue weighted by molar-refractivity contribution is -0.141. The van der Waals surface area contributed by atoms with Crippen LogP contribution in [-0.4, -0.2) is 42.5 Å². The van der Waals surface area contributed by atoms with Crippen LogP contribution < -0.4 is 16.2 Å². The van der Waals surface area contributed by atoms with Gasteiger partial charge in [0, 0.05) is 12.7 Å². The Hall–Kier alpha value is -4.95. The topological polar surface area (TPSA) is 124 Å². The molecule has 0 unspecified atom stereocenters. The van der Waals surface area contributed by atoms with Gasteiger partial charge < -0.3 is 15.2 Å². The van der Waals surface area contributed by atoms with Crippen molar-refractivity contribution in [1.82, 2.24) is 29.9 Å². The number of halogens is 5. The number of alkyl halides is 4. The molecule has 10 nitrogen and oxygen atoms in total. The minimum absolute atomic E-state index is 0.00834. The molecule has 15 heteroatoms. The highest BCUT2D eigenvalue weighted by Crippen LogP contribution is 2.27. The van der Waals surface area contributed by atoms with Crippen molar-refractivity contribution in [1.29, 1.82) is 0 Å². The number of anilines is 1. The molecular formula is C27H24F5N7O3. The molecule has 1 aromatic carbocycles. The Morgan fingerprint density at radius 2 is 1.79 bits per heavy atom. The number of amides is 2. The summed E-state index contributed by atoms with van der Waals surface area (Å²) in [5.74, 6) is -2.44. The Labute approximate surface area is 235 Å². The highest BCUT2D eigenvalue weighted by molar-refractivity contribution is 5.92. The molecular weight excluding hydrogens is 565 g/mol. The quantitative estimate of drug-likeness (QED) is 0.258. The fourth-order valence-electron chi connectivity index (χ4n) is 3.86. The summed E-state index contributed by atoms with van der Waals surface area (Å²) in [5.41, 5.74) is -1.92. The summed E-state index contributed by atoms with van der Waals surface area (Å²) in [6.07, 6.45) is -4.00. The van der Waals surface area contributed by atoms with Gasteiger partial charge in [-0.25, -0.2) is 14.1 Å². The summed E-state index contributed by atoms with van der Waals surface area (Å²) in [7, 11) is 0. The second-order valence-electron chi connectivity index (χ2n) is 9.16. The zero-order chi connectivity index (χ0) is 30.3. The molecule has 4 rings (SSSR count). The number of rotatable bonds is 11. The van der Waals surface area contributed by atoms with Crippen LogP contribution in [0.4, 0.5) is 27.6 Å².